The first kappa shape index (κ1) is 9.18. The molecule has 0 saturated heterocycles. The van der Waals surface area contributed by atoms with Gasteiger partial charge in [0.25, 0.3) is 10.1 Å². The monoisotopic (exact) mass is 207 g/mol. The van der Waals surface area contributed by atoms with Crippen molar-refractivity contribution in [1.29, 1.82) is 0 Å². The van der Waals surface area contributed by atoms with Crippen LogP contribution in [0.5, 0.6) is 0 Å². The fraction of sp³-hybridized carbons (Fsp3) is 0. The molecular formula is C10H7O3S. The summed E-state index contributed by atoms with van der Waals surface area (Å²) in [6.07, 6.45) is 0. The van der Waals surface area contributed by atoms with Crippen LogP contribution in [0.4, 0.5) is 0 Å². The molecule has 14 heavy (non-hydrogen) atoms. The van der Waals surface area contributed by atoms with Gasteiger partial charge in [-0.2, -0.15) is 8.42 Å². The molecule has 0 aliphatic rings. The zero-order valence-corrected chi connectivity index (χ0v) is 7.95. The Hall–Kier alpha value is -1.39. The molecule has 0 aliphatic heterocycles. The van der Waals surface area contributed by atoms with Gasteiger partial charge in [0.05, 0.1) is 0 Å². The summed E-state index contributed by atoms with van der Waals surface area (Å²) < 4.78 is 30.9. The summed E-state index contributed by atoms with van der Waals surface area (Å²) in [5, 5.41) is 1.15. The quantitative estimate of drug-likeness (QED) is 0.726. The van der Waals surface area contributed by atoms with E-state index in [4.69, 9.17) is 4.55 Å². The second-order valence-electron chi connectivity index (χ2n) is 2.87. The van der Waals surface area contributed by atoms with Gasteiger partial charge in [0, 0.05) is 5.39 Å². The van der Waals surface area contributed by atoms with Gasteiger partial charge in [-0.3, -0.25) is 4.55 Å². The first-order valence-corrected chi connectivity index (χ1v) is 5.40. The highest BCUT2D eigenvalue weighted by molar-refractivity contribution is 7.86. The smallest absolute Gasteiger partial charge is 0.282 e. The van der Waals surface area contributed by atoms with Crippen molar-refractivity contribution in [3.8, 4) is 0 Å². The summed E-state index contributed by atoms with van der Waals surface area (Å²) in [7, 11) is -4.16. The predicted molar refractivity (Wildman–Crippen MR) is 52.6 cm³/mol. The first-order chi connectivity index (χ1) is 6.59. The van der Waals surface area contributed by atoms with Gasteiger partial charge in [-0.25, -0.2) is 0 Å². The van der Waals surface area contributed by atoms with Crippen LogP contribution >= 0.6 is 0 Å². The minimum Gasteiger partial charge on any atom is -0.282 e. The summed E-state index contributed by atoms with van der Waals surface area (Å²) in [5.41, 5.74) is 0. The normalized spacial score (nSPS) is 11.8. The van der Waals surface area contributed by atoms with Gasteiger partial charge in [0.2, 0.25) is 0 Å². The summed E-state index contributed by atoms with van der Waals surface area (Å²) >= 11 is 0. The largest absolute Gasteiger partial charge is 0.295 e. The molecule has 0 amide bonds. The van der Waals surface area contributed by atoms with Crippen molar-refractivity contribution in [2.75, 3.05) is 0 Å². The minimum atomic E-state index is -4.16. The molecule has 2 rings (SSSR count). The Morgan fingerprint density at radius 3 is 2.57 bits per heavy atom. The van der Waals surface area contributed by atoms with Crippen molar-refractivity contribution in [2.24, 2.45) is 0 Å². The molecule has 71 valence electrons. The zero-order chi connectivity index (χ0) is 10.2. The van der Waals surface area contributed by atoms with E-state index in [-0.39, 0.29) is 4.90 Å². The molecule has 1 radical (unpaired) electrons. The van der Waals surface area contributed by atoms with E-state index >= 15 is 0 Å². The zero-order valence-electron chi connectivity index (χ0n) is 7.14. The lowest BCUT2D eigenvalue weighted by Gasteiger charge is -2.01. The molecule has 0 unspecified atom stereocenters. The van der Waals surface area contributed by atoms with E-state index in [2.05, 4.69) is 6.07 Å². The molecule has 0 spiro atoms. The molecule has 0 fully saturated rings. The molecule has 0 saturated carbocycles. The van der Waals surface area contributed by atoms with Crippen LogP contribution in [-0.4, -0.2) is 13.0 Å². The van der Waals surface area contributed by atoms with Crippen molar-refractivity contribution in [1.82, 2.24) is 0 Å². The van der Waals surface area contributed by atoms with E-state index < -0.39 is 10.1 Å². The molecule has 0 aromatic heterocycles. The average molecular weight is 207 g/mol. The van der Waals surface area contributed by atoms with E-state index in [9.17, 15) is 8.42 Å². The highest BCUT2D eigenvalue weighted by Crippen LogP contribution is 2.21. The highest BCUT2D eigenvalue weighted by atomic mass is 32.2. The maximum atomic E-state index is 11.0. The molecule has 2 aromatic carbocycles. The van der Waals surface area contributed by atoms with Gasteiger partial charge in [-0.1, -0.05) is 30.3 Å². The van der Waals surface area contributed by atoms with E-state index in [1.807, 2.05) is 0 Å². The van der Waals surface area contributed by atoms with Gasteiger partial charge in [0.15, 0.2) is 0 Å². The molecule has 0 bridgehead atoms. The van der Waals surface area contributed by atoms with E-state index in [1.54, 1.807) is 30.3 Å². The third-order valence-corrected chi connectivity index (χ3v) is 2.83. The number of hydrogen-bond acceptors (Lipinski definition) is 2. The molecule has 0 heterocycles. The lowest BCUT2D eigenvalue weighted by molar-refractivity contribution is 0.484. The lowest BCUT2D eigenvalue weighted by atomic mass is 10.1. The van der Waals surface area contributed by atoms with Gasteiger partial charge < -0.3 is 0 Å². The summed E-state index contributed by atoms with van der Waals surface area (Å²) in [6, 6.07) is 12.6. The second kappa shape index (κ2) is 3.08. The van der Waals surface area contributed by atoms with Gasteiger partial charge in [-0.05, 0) is 17.5 Å². The van der Waals surface area contributed by atoms with Crippen molar-refractivity contribution in [2.45, 2.75) is 4.90 Å². The molecule has 1 N–H and O–H groups in total. The Bertz CT molecular complexity index is 567. The molecule has 0 atom stereocenters. The van der Waals surface area contributed by atoms with Crippen molar-refractivity contribution >= 4 is 20.9 Å². The lowest BCUT2D eigenvalue weighted by Crippen LogP contribution is -1.98. The number of rotatable bonds is 1. The van der Waals surface area contributed by atoms with Crippen LogP contribution in [0.2, 0.25) is 0 Å². The highest BCUT2D eigenvalue weighted by Gasteiger charge is 2.12. The SMILES string of the molecule is O=S(=O)(O)c1cccc2ccc[c]c12. The predicted octanol–water partition coefficient (Wildman–Crippen LogP) is 1.89. The van der Waals surface area contributed by atoms with Crippen LogP contribution in [0.25, 0.3) is 10.8 Å². The van der Waals surface area contributed by atoms with E-state index in [0.29, 0.717) is 5.39 Å². The van der Waals surface area contributed by atoms with Crippen LogP contribution in [0.15, 0.2) is 41.3 Å². The number of fused-ring (bicyclic) bond motifs is 1. The second-order valence-corrected chi connectivity index (χ2v) is 4.26. The molecule has 3 nitrogen and oxygen atoms in total. The molecule has 0 aliphatic carbocycles. The average Bonchev–Trinajstić information content (AvgIpc) is 2.15. The standard InChI is InChI=1S/C10H7O3S/c11-14(12,13)10-7-3-5-8-4-1-2-6-9(8)10/h1-5,7H,(H,11,12,13). The Morgan fingerprint density at radius 1 is 1.14 bits per heavy atom. The maximum absolute atomic E-state index is 11.0. The Labute approximate surface area is 81.7 Å². The van der Waals surface area contributed by atoms with E-state index in [1.165, 1.54) is 6.07 Å². The minimum absolute atomic E-state index is 0.101. The van der Waals surface area contributed by atoms with Crippen LogP contribution in [0.1, 0.15) is 0 Å². The summed E-state index contributed by atoms with van der Waals surface area (Å²) in [5.74, 6) is 0. The Kier molecular flexibility index (Phi) is 2.02. The maximum Gasteiger partial charge on any atom is 0.295 e. The van der Waals surface area contributed by atoms with Crippen molar-refractivity contribution in [3.05, 3.63) is 42.5 Å². The summed E-state index contributed by atoms with van der Waals surface area (Å²) in [4.78, 5) is -0.101. The Morgan fingerprint density at radius 2 is 1.86 bits per heavy atom. The van der Waals surface area contributed by atoms with Crippen molar-refractivity contribution < 1.29 is 13.0 Å². The summed E-state index contributed by atoms with van der Waals surface area (Å²) in [6.45, 7) is 0. The molecule has 2 aromatic rings. The topological polar surface area (TPSA) is 54.4 Å². The first-order valence-electron chi connectivity index (χ1n) is 3.96. The van der Waals surface area contributed by atoms with Crippen molar-refractivity contribution in [3.63, 3.8) is 0 Å². The van der Waals surface area contributed by atoms with Gasteiger partial charge >= 0.3 is 0 Å². The fourth-order valence-corrected chi connectivity index (χ4v) is 2.02. The van der Waals surface area contributed by atoms with Crippen LogP contribution < -0.4 is 0 Å². The third kappa shape index (κ3) is 1.49. The van der Waals surface area contributed by atoms with Crippen LogP contribution in [0.3, 0.4) is 0 Å². The molecular weight excluding hydrogens is 200 g/mol. The number of benzene rings is 2. The number of hydrogen-bond donors (Lipinski definition) is 1. The third-order valence-electron chi connectivity index (χ3n) is 1.94. The fourth-order valence-electron chi connectivity index (χ4n) is 1.34. The van der Waals surface area contributed by atoms with Gasteiger partial charge in [-0.15, -0.1) is 0 Å². The van der Waals surface area contributed by atoms with Crippen LogP contribution in [-0.2, 0) is 10.1 Å². The molecule has 4 heteroatoms. The van der Waals surface area contributed by atoms with Gasteiger partial charge in [0.1, 0.15) is 4.90 Å². The Balaban J connectivity index is 2.92. The van der Waals surface area contributed by atoms with E-state index in [0.717, 1.165) is 5.39 Å². The van der Waals surface area contributed by atoms with Crippen LogP contribution in [0, 0.1) is 6.07 Å².